The first-order valence-electron chi connectivity index (χ1n) is 12.0. The Balaban J connectivity index is 1.66. The molecule has 0 atom stereocenters. The first kappa shape index (κ1) is 24.1. The molecular formula is C27H32F2N4O. The van der Waals surface area contributed by atoms with Crippen molar-refractivity contribution in [2.24, 2.45) is 5.92 Å². The number of imidazole rings is 1. The summed E-state index contributed by atoms with van der Waals surface area (Å²) < 4.78 is 30.3. The zero-order chi connectivity index (χ0) is 24.2. The van der Waals surface area contributed by atoms with Gasteiger partial charge in [0, 0.05) is 32.7 Å². The van der Waals surface area contributed by atoms with Crippen LogP contribution < -0.4 is 0 Å². The van der Waals surface area contributed by atoms with E-state index >= 15 is 0 Å². The quantitative estimate of drug-likeness (QED) is 0.397. The molecule has 0 fully saturated rings. The number of carbonyl (C=O) groups is 1. The van der Waals surface area contributed by atoms with E-state index in [0.717, 1.165) is 67.7 Å². The van der Waals surface area contributed by atoms with Crippen molar-refractivity contribution in [3.05, 3.63) is 77.1 Å². The summed E-state index contributed by atoms with van der Waals surface area (Å²) in [5.74, 6) is -0.965. The maximum Gasteiger partial charge on any atom is 0.257 e. The van der Waals surface area contributed by atoms with Gasteiger partial charge < -0.3 is 9.47 Å². The number of nitrogens with zero attached hydrogens (tertiary/aromatic N) is 4. The molecule has 0 N–H and O–H groups in total. The van der Waals surface area contributed by atoms with Gasteiger partial charge in [-0.15, -0.1) is 0 Å². The van der Waals surface area contributed by atoms with Crippen molar-refractivity contribution < 1.29 is 13.6 Å². The van der Waals surface area contributed by atoms with E-state index in [1.807, 2.05) is 13.8 Å². The molecule has 0 radical (unpaired) electrons. The van der Waals surface area contributed by atoms with Gasteiger partial charge in [0.15, 0.2) is 0 Å². The first-order valence-corrected chi connectivity index (χ1v) is 12.0. The molecule has 2 aromatic carbocycles. The Morgan fingerprint density at radius 1 is 1.12 bits per heavy atom. The Hall–Kier alpha value is -3.06. The van der Waals surface area contributed by atoms with Gasteiger partial charge in [-0.1, -0.05) is 39.0 Å². The second kappa shape index (κ2) is 10.5. The van der Waals surface area contributed by atoms with Crippen LogP contribution in [0.3, 0.4) is 0 Å². The third-order valence-electron chi connectivity index (χ3n) is 6.00. The largest absolute Gasteiger partial charge is 0.331 e. The fourth-order valence-corrected chi connectivity index (χ4v) is 4.49. The predicted octanol–water partition coefficient (Wildman–Crippen LogP) is 5.39. The first-order chi connectivity index (χ1) is 16.4. The number of aryl methyl sites for hydroxylation is 1. The average Bonchev–Trinajstić information content (AvgIpc) is 3.42. The Morgan fingerprint density at radius 3 is 2.59 bits per heavy atom. The lowest BCUT2D eigenvalue weighted by Crippen LogP contribution is -2.35. The van der Waals surface area contributed by atoms with Gasteiger partial charge in [-0.05, 0) is 48.2 Å². The van der Waals surface area contributed by atoms with E-state index < -0.39 is 17.5 Å². The van der Waals surface area contributed by atoms with Gasteiger partial charge >= 0.3 is 0 Å². The predicted molar refractivity (Wildman–Crippen MR) is 130 cm³/mol. The highest BCUT2D eigenvalue weighted by Crippen LogP contribution is 2.23. The Labute approximate surface area is 199 Å². The minimum absolute atomic E-state index is 0.158. The van der Waals surface area contributed by atoms with Gasteiger partial charge in [0.2, 0.25) is 0 Å². The topological polar surface area (TPSA) is 41.4 Å². The third kappa shape index (κ3) is 5.36. The molecule has 7 heteroatoms. The molecule has 34 heavy (non-hydrogen) atoms. The van der Waals surface area contributed by atoms with Crippen molar-refractivity contribution in [3.63, 3.8) is 0 Å². The highest BCUT2D eigenvalue weighted by atomic mass is 19.1. The number of aromatic nitrogens is 2. The van der Waals surface area contributed by atoms with Gasteiger partial charge in [-0.2, -0.15) is 0 Å². The van der Waals surface area contributed by atoms with Crippen molar-refractivity contribution in [1.29, 1.82) is 0 Å². The van der Waals surface area contributed by atoms with Crippen LogP contribution in [0.5, 0.6) is 0 Å². The van der Waals surface area contributed by atoms with Gasteiger partial charge in [0.05, 0.1) is 23.1 Å². The third-order valence-corrected chi connectivity index (χ3v) is 6.00. The SMILES string of the molecule is CCCn1c(CN(CC(C)C)C(=O)c2cc(F)ccc2F)nc2cc(CN3CC=CC3)ccc21. The maximum absolute atomic E-state index is 14.4. The molecule has 1 amide bonds. The van der Waals surface area contributed by atoms with Crippen LogP contribution in [0.25, 0.3) is 11.0 Å². The smallest absolute Gasteiger partial charge is 0.257 e. The van der Waals surface area contributed by atoms with Crippen LogP contribution in [0.4, 0.5) is 8.78 Å². The van der Waals surface area contributed by atoms with E-state index in [1.54, 1.807) is 4.90 Å². The summed E-state index contributed by atoms with van der Waals surface area (Å²) in [6, 6.07) is 9.34. The highest BCUT2D eigenvalue weighted by Gasteiger charge is 2.24. The van der Waals surface area contributed by atoms with Crippen molar-refractivity contribution in [3.8, 4) is 0 Å². The zero-order valence-electron chi connectivity index (χ0n) is 20.1. The molecule has 4 rings (SSSR count). The minimum atomic E-state index is -0.719. The second-order valence-corrected chi connectivity index (χ2v) is 9.37. The maximum atomic E-state index is 14.4. The summed E-state index contributed by atoms with van der Waals surface area (Å²) in [4.78, 5) is 22.1. The molecule has 3 aromatic rings. The Bertz CT molecular complexity index is 1190. The van der Waals surface area contributed by atoms with Crippen LogP contribution in [0.1, 0.15) is 48.9 Å². The summed E-state index contributed by atoms with van der Waals surface area (Å²) >= 11 is 0. The molecule has 1 aliphatic heterocycles. The molecule has 0 unspecified atom stereocenters. The lowest BCUT2D eigenvalue weighted by Gasteiger charge is -2.25. The number of hydrogen-bond donors (Lipinski definition) is 0. The van der Waals surface area contributed by atoms with Crippen LogP contribution in [0.2, 0.25) is 0 Å². The average molecular weight is 467 g/mol. The van der Waals surface area contributed by atoms with E-state index in [2.05, 4.69) is 46.7 Å². The fourth-order valence-electron chi connectivity index (χ4n) is 4.49. The fraction of sp³-hybridized carbons (Fsp3) is 0.407. The van der Waals surface area contributed by atoms with E-state index in [-0.39, 0.29) is 18.0 Å². The molecule has 1 aliphatic rings. The molecule has 0 saturated carbocycles. The number of halogens is 2. The van der Waals surface area contributed by atoms with Crippen molar-refractivity contribution in [1.82, 2.24) is 19.4 Å². The monoisotopic (exact) mass is 466 g/mol. The number of amides is 1. The molecule has 0 bridgehead atoms. The highest BCUT2D eigenvalue weighted by molar-refractivity contribution is 5.94. The van der Waals surface area contributed by atoms with Gasteiger partial charge in [-0.25, -0.2) is 13.8 Å². The van der Waals surface area contributed by atoms with Crippen LogP contribution >= 0.6 is 0 Å². The lowest BCUT2D eigenvalue weighted by atomic mass is 10.1. The van der Waals surface area contributed by atoms with Gasteiger partial charge in [-0.3, -0.25) is 9.69 Å². The number of benzene rings is 2. The number of carbonyl (C=O) groups excluding carboxylic acids is 1. The van der Waals surface area contributed by atoms with Crippen molar-refractivity contribution >= 4 is 16.9 Å². The van der Waals surface area contributed by atoms with E-state index in [1.165, 1.54) is 5.56 Å². The molecule has 2 heterocycles. The summed E-state index contributed by atoms with van der Waals surface area (Å²) in [6.45, 7) is 10.3. The Kier molecular flexibility index (Phi) is 7.41. The molecule has 5 nitrogen and oxygen atoms in total. The summed E-state index contributed by atoms with van der Waals surface area (Å²) in [6.07, 6.45) is 5.26. The molecule has 0 saturated heterocycles. The zero-order valence-corrected chi connectivity index (χ0v) is 20.1. The van der Waals surface area contributed by atoms with Gasteiger partial charge in [0.25, 0.3) is 5.91 Å². The summed E-state index contributed by atoms with van der Waals surface area (Å²) in [7, 11) is 0. The summed E-state index contributed by atoms with van der Waals surface area (Å²) in [5.41, 5.74) is 2.86. The number of fused-ring (bicyclic) bond motifs is 1. The van der Waals surface area contributed by atoms with E-state index in [0.29, 0.717) is 6.54 Å². The van der Waals surface area contributed by atoms with E-state index in [9.17, 15) is 13.6 Å². The standard InChI is InChI=1S/C27H32F2N4O/c1-4-11-33-25-10-7-20(17-31-12-5-6-13-31)14-24(25)30-26(33)18-32(16-19(2)3)27(34)22-15-21(28)8-9-23(22)29/h5-10,14-15,19H,4,11-13,16-18H2,1-3H3. The van der Waals surface area contributed by atoms with Gasteiger partial charge in [0.1, 0.15) is 17.5 Å². The van der Waals surface area contributed by atoms with Crippen LogP contribution in [-0.4, -0.2) is 44.9 Å². The molecule has 1 aromatic heterocycles. The number of hydrogen-bond acceptors (Lipinski definition) is 3. The normalized spacial score (nSPS) is 13.9. The molecule has 0 spiro atoms. The van der Waals surface area contributed by atoms with Crippen LogP contribution in [-0.2, 0) is 19.6 Å². The van der Waals surface area contributed by atoms with Crippen molar-refractivity contribution in [2.45, 2.75) is 46.8 Å². The van der Waals surface area contributed by atoms with E-state index in [4.69, 9.17) is 4.98 Å². The second-order valence-electron chi connectivity index (χ2n) is 9.37. The van der Waals surface area contributed by atoms with Crippen molar-refractivity contribution in [2.75, 3.05) is 19.6 Å². The Morgan fingerprint density at radius 2 is 1.88 bits per heavy atom. The summed E-state index contributed by atoms with van der Waals surface area (Å²) in [5, 5.41) is 0. The molecule has 0 aliphatic carbocycles. The minimum Gasteiger partial charge on any atom is -0.331 e. The van der Waals surface area contributed by atoms with Crippen LogP contribution in [0.15, 0.2) is 48.6 Å². The lowest BCUT2D eigenvalue weighted by molar-refractivity contribution is 0.0711. The molecule has 180 valence electrons. The molecular weight excluding hydrogens is 434 g/mol. The van der Waals surface area contributed by atoms with Crippen LogP contribution in [0, 0.1) is 17.6 Å². The number of rotatable bonds is 9.